The topological polar surface area (TPSA) is 41.1 Å². The molecule has 0 aromatic heterocycles. The van der Waals surface area contributed by atoms with Gasteiger partial charge in [-0.1, -0.05) is 31.0 Å². The Labute approximate surface area is 133 Å². The van der Waals surface area contributed by atoms with Crippen molar-refractivity contribution in [2.45, 2.75) is 64.3 Å². The molecular weight excluding hydrogens is 272 g/mol. The molecular formula is C19H28N2O. The Kier molecular flexibility index (Phi) is 5.01. The third kappa shape index (κ3) is 3.82. The second-order valence-corrected chi connectivity index (χ2v) is 6.96. The van der Waals surface area contributed by atoms with Gasteiger partial charge in [-0.25, -0.2) is 4.79 Å². The normalized spacial score (nSPS) is 19.5. The van der Waals surface area contributed by atoms with Crippen LogP contribution in [0.5, 0.6) is 0 Å². The third-order valence-electron chi connectivity index (χ3n) is 5.25. The van der Waals surface area contributed by atoms with Gasteiger partial charge in [0.15, 0.2) is 0 Å². The van der Waals surface area contributed by atoms with Crippen molar-refractivity contribution in [3.63, 3.8) is 0 Å². The zero-order valence-corrected chi connectivity index (χ0v) is 13.7. The lowest BCUT2D eigenvalue weighted by Gasteiger charge is -2.20. The lowest BCUT2D eigenvalue weighted by Crippen LogP contribution is -2.39. The second-order valence-electron chi connectivity index (χ2n) is 6.96. The van der Waals surface area contributed by atoms with Crippen LogP contribution in [-0.4, -0.2) is 12.6 Å². The van der Waals surface area contributed by atoms with Gasteiger partial charge in [0.1, 0.15) is 0 Å². The molecule has 1 aromatic carbocycles. The molecule has 1 unspecified atom stereocenters. The smallest absolute Gasteiger partial charge is 0.315 e. The third-order valence-corrected chi connectivity index (χ3v) is 5.25. The summed E-state index contributed by atoms with van der Waals surface area (Å²) in [6, 6.07) is 6.74. The molecule has 0 spiro atoms. The SMILES string of the molecule is CC(NC(=O)NCC1CCCC1)c1ccc2c(c1)CCCC2. The molecule has 2 N–H and O–H groups in total. The van der Waals surface area contributed by atoms with Gasteiger partial charge in [-0.15, -0.1) is 0 Å². The highest BCUT2D eigenvalue weighted by Crippen LogP contribution is 2.25. The number of aryl methyl sites for hydroxylation is 2. The van der Waals surface area contributed by atoms with E-state index < -0.39 is 0 Å². The molecule has 1 saturated carbocycles. The Balaban J connectivity index is 1.52. The number of hydrogen-bond acceptors (Lipinski definition) is 1. The van der Waals surface area contributed by atoms with Gasteiger partial charge in [-0.05, 0) is 68.1 Å². The number of benzene rings is 1. The first-order chi connectivity index (χ1) is 10.7. The van der Waals surface area contributed by atoms with Crippen LogP contribution in [0.25, 0.3) is 0 Å². The zero-order valence-electron chi connectivity index (χ0n) is 13.7. The number of carbonyl (C=O) groups is 1. The number of urea groups is 1. The van der Waals surface area contributed by atoms with E-state index in [0.29, 0.717) is 5.92 Å². The van der Waals surface area contributed by atoms with Gasteiger partial charge in [0.05, 0.1) is 6.04 Å². The van der Waals surface area contributed by atoms with Crippen molar-refractivity contribution < 1.29 is 4.79 Å². The summed E-state index contributed by atoms with van der Waals surface area (Å²) in [5.41, 5.74) is 4.19. The number of carbonyl (C=O) groups excluding carboxylic acids is 1. The standard InChI is InChI=1S/C19H28N2O/c1-14(21-19(22)20-13-15-6-2-3-7-15)17-11-10-16-8-4-5-9-18(16)12-17/h10-12,14-15H,2-9,13H2,1H3,(H2,20,21,22). The van der Waals surface area contributed by atoms with Crippen LogP contribution in [0.3, 0.4) is 0 Å². The van der Waals surface area contributed by atoms with Crippen LogP contribution in [0.4, 0.5) is 4.79 Å². The molecule has 3 heteroatoms. The first kappa shape index (κ1) is 15.4. The summed E-state index contributed by atoms with van der Waals surface area (Å²) < 4.78 is 0. The van der Waals surface area contributed by atoms with Gasteiger partial charge >= 0.3 is 6.03 Å². The monoisotopic (exact) mass is 300 g/mol. The fourth-order valence-electron chi connectivity index (χ4n) is 3.81. The Bertz CT molecular complexity index is 520. The summed E-state index contributed by atoms with van der Waals surface area (Å²) in [6.07, 6.45) is 10.2. The van der Waals surface area contributed by atoms with Crippen molar-refractivity contribution in [2.24, 2.45) is 5.92 Å². The average Bonchev–Trinajstić information content (AvgIpc) is 3.06. The van der Waals surface area contributed by atoms with Crippen molar-refractivity contribution in [3.05, 3.63) is 34.9 Å². The quantitative estimate of drug-likeness (QED) is 0.863. The molecule has 1 atom stereocenters. The van der Waals surface area contributed by atoms with Crippen LogP contribution in [0.15, 0.2) is 18.2 Å². The minimum atomic E-state index is -0.0304. The minimum absolute atomic E-state index is 0.0304. The van der Waals surface area contributed by atoms with E-state index in [1.165, 1.54) is 68.1 Å². The predicted molar refractivity (Wildman–Crippen MR) is 90.0 cm³/mol. The molecule has 3 nitrogen and oxygen atoms in total. The molecule has 22 heavy (non-hydrogen) atoms. The van der Waals surface area contributed by atoms with E-state index in [1.54, 1.807) is 0 Å². The zero-order chi connectivity index (χ0) is 15.4. The van der Waals surface area contributed by atoms with Gasteiger partial charge in [0.25, 0.3) is 0 Å². The second kappa shape index (κ2) is 7.17. The molecule has 1 aromatic rings. The van der Waals surface area contributed by atoms with Crippen molar-refractivity contribution in [1.29, 1.82) is 0 Å². The highest BCUT2D eigenvalue weighted by atomic mass is 16.2. The van der Waals surface area contributed by atoms with E-state index in [4.69, 9.17) is 0 Å². The molecule has 2 aliphatic rings. The van der Waals surface area contributed by atoms with Crippen LogP contribution in [-0.2, 0) is 12.8 Å². The number of fused-ring (bicyclic) bond motifs is 1. The summed E-state index contributed by atoms with van der Waals surface area (Å²) in [6.45, 7) is 2.89. The van der Waals surface area contributed by atoms with E-state index in [9.17, 15) is 4.79 Å². The summed E-state index contributed by atoms with van der Waals surface area (Å²) in [7, 11) is 0. The fourth-order valence-corrected chi connectivity index (χ4v) is 3.81. The van der Waals surface area contributed by atoms with Crippen LogP contribution < -0.4 is 10.6 Å². The maximum atomic E-state index is 12.1. The van der Waals surface area contributed by atoms with Gasteiger partial charge in [0, 0.05) is 6.54 Å². The Morgan fingerprint density at radius 2 is 1.86 bits per heavy atom. The van der Waals surface area contributed by atoms with Gasteiger partial charge in [-0.2, -0.15) is 0 Å². The summed E-state index contributed by atoms with van der Waals surface area (Å²) in [4.78, 5) is 12.1. The molecule has 0 aliphatic heterocycles. The van der Waals surface area contributed by atoms with Gasteiger partial charge in [-0.3, -0.25) is 0 Å². The minimum Gasteiger partial charge on any atom is -0.338 e. The summed E-state index contributed by atoms with van der Waals surface area (Å²) >= 11 is 0. The number of rotatable bonds is 4. The van der Waals surface area contributed by atoms with E-state index in [0.717, 1.165) is 6.54 Å². The van der Waals surface area contributed by atoms with Crippen LogP contribution in [0.1, 0.15) is 68.2 Å². The van der Waals surface area contributed by atoms with Crippen LogP contribution in [0, 0.1) is 5.92 Å². The number of hydrogen-bond donors (Lipinski definition) is 2. The van der Waals surface area contributed by atoms with Gasteiger partial charge in [0.2, 0.25) is 0 Å². The van der Waals surface area contributed by atoms with Crippen LogP contribution >= 0.6 is 0 Å². The lowest BCUT2D eigenvalue weighted by molar-refractivity contribution is 0.236. The van der Waals surface area contributed by atoms with Crippen molar-refractivity contribution in [2.75, 3.05) is 6.54 Å². The van der Waals surface area contributed by atoms with Crippen LogP contribution in [0.2, 0.25) is 0 Å². The Morgan fingerprint density at radius 1 is 1.14 bits per heavy atom. The molecule has 0 radical (unpaired) electrons. The molecule has 0 saturated heterocycles. The fraction of sp³-hybridized carbons (Fsp3) is 0.632. The van der Waals surface area contributed by atoms with Gasteiger partial charge < -0.3 is 10.6 Å². The Hall–Kier alpha value is -1.51. The summed E-state index contributed by atoms with van der Waals surface area (Å²) in [5, 5.41) is 6.11. The molecule has 1 fully saturated rings. The lowest BCUT2D eigenvalue weighted by atomic mass is 9.89. The largest absolute Gasteiger partial charge is 0.338 e. The molecule has 2 amide bonds. The number of nitrogens with one attached hydrogen (secondary N) is 2. The maximum Gasteiger partial charge on any atom is 0.315 e. The first-order valence-corrected chi connectivity index (χ1v) is 8.88. The molecule has 3 rings (SSSR count). The highest BCUT2D eigenvalue weighted by molar-refractivity contribution is 5.74. The summed E-state index contributed by atoms with van der Waals surface area (Å²) in [5.74, 6) is 0.685. The van der Waals surface area contributed by atoms with Crippen molar-refractivity contribution in [1.82, 2.24) is 10.6 Å². The van der Waals surface area contributed by atoms with Crippen molar-refractivity contribution in [3.8, 4) is 0 Å². The van der Waals surface area contributed by atoms with E-state index in [-0.39, 0.29) is 12.1 Å². The molecule has 2 aliphatic carbocycles. The molecule has 120 valence electrons. The molecule has 0 bridgehead atoms. The number of amides is 2. The first-order valence-electron chi connectivity index (χ1n) is 8.88. The highest BCUT2D eigenvalue weighted by Gasteiger charge is 2.17. The maximum absolute atomic E-state index is 12.1. The van der Waals surface area contributed by atoms with Crippen molar-refractivity contribution >= 4 is 6.03 Å². The average molecular weight is 300 g/mol. The van der Waals surface area contributed by atoms with E-state index >= 15 is 0 Å². The predicted octanol–water partition coefficient (Wildman–Crippen LogP) is 4.12. The van der Waals surface area contributed by atoms with E-state index in [2.05, 4.69) is 35.8 Å². The Morgan fingerprint density at radius 3 is 2.64 bits per heavy atom. The molecule has 0 heterocycles. The van der Waals surface area contributed by atoms with E-state index in [1.807, 2.05) is 0 Å².